The first kappa shape index (κ1) is 20.7. The van der Waals surface area contributed by atoms with Gasteiger partial charge in [-0.3, -0.25) is 10.1 Å². The molecule has 0 bridgehead atoms. The number of nitrogens with one attached hydrogen (secondary N) is 1. The molecule has 24 heavy (non-hydrogen) atoms. The van der Waals surface area contributed by atoms with Crippen LogP contribution in [0.25, 0.3) is 0 Å². The standard InChI is InChI=1S/C16H23Cl2N3O3/c1-21(2)8-4-7-19-16(24-10-9-23-3)20-15(22)12-5-6-13(17)14(18)11-12/h5-6,11H,4,7-10H2,1-3H3,(H,19,20,22). The number of carbonyl (C=O) groups excluding carboxylic acids is 1. The Hall–Kier alpha value is -1.34. The number of ether oxygens (including phenoxy) is 2. The molecule has 1 aromatic rings. The molecule has 0 aliphatic rings. The number of halogens is 2. The Morgan fingerprint density at radius 1 is 1.25 bits per heavy atom. The molecule has 0 spiro atoms. The van der Waals surface area contributed by atoms with Crippen LogP contribution in [0.2, 0.25) is 10.0 Å². The van der Waals surface area contributed by atoms with E-state index in [1.54, 1.807) is 19.2 Å². The van der Waals surface area contributed by atoms with Crippen LogP contribution in [0.4, 0.5) is 0 Å². The highest BCUT2D eigenvalue weighted by Gasteiger charge is 2.11. The zero-order chi connectivity index (χ0) is 17.9. The second kappa shape index (κ2) is 11.3. The van der Waals surface area contributed by atoms with Crippen molar-refractivity contribution in [3.05, 3.63) is 33.8 Å². The van der Waals surface area contributed by atoms with Gasteiger partial charge >= 0.3 is 0 Å². The average Bonchev–Trinajstić information content (AvgIpc) is 2.53. The van der Waals surface area contributed by atoms with E-state index >= 15 is 0 Å². The monoisotopic (exact) mass is 375 g/mol. The molecule has 0 aliphatic carbocycles. The van der Waals surface area contributed by atoms with Crippen LogP contribution in [0.1, 0.15) is 16.8 Å². The number of aliphatic imine (C=N–C) groups is 1. The molecule has 0 aromatic heterocycles. The molecule has 0 unspecified atom stereocenters. The maximum absolute atomic E-state index is 12.3. The summed E-state index contributed by atoms with van der Waals surface area (Å²) < 4.78 is 10.4. The Bertz CT molecular complexity index is 565. The smallest absolute Gasteiger partial charge is 0.291 e. The van der Waals surface area contributed by atoms with Gasteiger partial charge in [-0.15, -0.1) is 0 Å². The zero-order valence-electron chi connectivity index (χ0n) is 14.1. The fourth-order valence-corrected chi connectivity index (χ4v) is 2.02. The number of hydrogen-bond donors (Lipinski definition) is 1. The van der Waals surface area contributed by atoms with Crippen LogP contribution in [0.15, 0.2) is 23.2 Å². The second-order valence-electron chi connectivity index (χ2n) is 5.27. The first-order valence-corrected chi connectivity index (χ1v) is 8.27. The average molecular weight is 376 g/mol. The highest BCUT2D eigenvalue weighted by atomic mass is 35.5. The van der Waals surface area contributed by atoms with E-state index in [0.717, 1.165) is 13.0 Å². The lowest BCUT2D eigenvalue weighted by Crippen LogP contribution is -2.33. The van der Waals surface area contributed by atoms with E-state index in [-0.39, 0.29) is 11.9 Å². The molecular formula is C16H23Cl2N3O3. The summed E-state index contributed by atoms with van der Waals surface area (Å²) in [6.45, 7) is 2.14. The fraction of sp³-hybridized carbons (Fsp3) is 0.500. The summed E-state index contributed by atoms with van der Waals surface area (Å²) in [7, 11) is 5.56. The van der Waals surface area contributed by atoms with Gasteiger partial charge in [0.1, 0.15) is 6.61 Å². The maximum Gasteiger partial charge on any atom is 0.291 e. The van der Waals surface area contributed by atoms with Crippen molar-refractivity contribution in [1.82, 2.24) is 10.2 Å². The number of rotatable bonds is 8. The molecule has 134 valence electrons. The summed E-state index contributed by atoms with van der Waals surface area (Å²) >= 11 is 11.8. The molecule has 0 aliphatic heterocycles. The molecule has 1 rings (SSSR count). The Morgan fingerprint density at radius 2 is 2.00 bits per heavy atom. The van der Waals surface area contributed by atoms with Gasteiger partial charge in [-0.1, -0.05) is 23.2 Å². The predicted octanol–water partition coefficient (Wildman–Crippen LogP) is 2.69. The summed E-state index contributed by atoms with van der Waals surface area (Å²) in [4.78, 5) is 18.6. The van der Waals surface area contributed by atoms with Gasteiger partial charge in [0.15, 0.2) is 0 Å². The van der Waals surface area contributed by atoms with E-state index < -0.39 is 0 Å². The number of nitrogens with zero attached hydrogens (tertiary/aromatic N) is 2. The molecule has 0 saturated carbocycles. The number of amides is 1. The van der Waals surface area contributed by atoms with Crippen molar-refractivity contribution in [3.8, 4) is 0 Å². The number of benzene rings is 1. The van der Waals surface area contributed by atoms with Crippen LogP contribution in [0, 0.1) is 0 Å². The van der Waals surface area contributed by atoms with E-state index in [1.165, 1.54) is 6.07 Å². The fourth-order valence-electron chi connectivity index (χ4n) is 1.72. The molecule has 1 amide bonds. The van der Waals surface area contributed by atoms with Crippen molar-refractivity contribution in [2.45, 2.75) is 6.42 Å². The maximum atomic E-state index is 12.3. The van der Waals surface area contributed by atoms with Gasteiger partial charge in [-0.25, -0.2) is 4.99 Å². The first-order chi connectivity index (χ1) is 11.4. The van der Waals surface area contributed by atoms with Crippen LogP contribution < -0.4 is 5.32 Å². The van der Waals surface area contributed by atoms with E-state index in [9.17, 15) is 4.79 Å². The Balaban J connectivity index is 2.68. The minimum atomic E-state index is -0.364. The predicted molar refractivity (Wildman–Crippen MR) is 97.2 cm³/mol. The lowest BCUT2D eigenvalue weighted by molar-refractivity contribution is 0.0954. The van der Waals surface area contributed by atoms with Gasteiger partial charge in [-0.2, -0.15) is 0 Å². The molecule has 0 fully saturated rings. The van der Waals surface area contributed by atoms with Gasteiger partial charge in [-0.05, 0) is 45.3 Å². The normalized spacial score (nSPS) is 11.7. The van der Waals surface area contributed by atoms with Crippen molar-refractivity contribution < 1.29 is 14.3 Å². The number of carbonyl (C=O) groups is 1. The molecular weight excluding hydrogens is 353 g/mol. The van der Waals surface area contributed by atoms with Crippen LogP contribution in [-0.4, -0.2) is 64.3 Å². The Morgan fingerprint density at radius 3 is 2.62 bits per heavy atom. The Kier molecular flexibility index (Phi) is 9.71. The minimum absolute atomic E-state index is 0.168. The summed E-state index contributed by atoms with van der Waals surface area (Å²) in [5.74, 6) is -0.364. The second-order valence-corrected chi connectivity index (χ2v) is 6.08. The molecule has 0 heterocycles. The first-order valence-electron chi connectivity index (χ1n) is 7.51. The lowest BCUT2D eigenvalue weighted by atomic mass is 10.2. The third kappa shape index (κ3) is 7.97. The van der Waals surface area contributed by atoms with Crippen molar-refractivity contribution in [2.75, 3.05) is 47.5 Å². The molecule has 6 nitrogen and oxygen atoms in total. The van der Waals surface area contributed by atoms with Crippen LogP contribution >= 0.6 is 23.2 Å². The summed E-state index contributed by atoms with van der Waals surface area (Å²) in [6.07, 6.45) is 0.854. The quantitative estimate of drug-likeness (QED) is 0.431. The molecule has 0 radical (unpaired) electrons. The van der Waals surface area contributed by atoms with Crippen molar-refractivity contribution >= 4 is 35.1 Å². The van der Waals surface area contributed by atoms with Gasteiger partial charge in [0.05, 0.1) is 16.7 Å². The van der Waals surface area contributed by atoms with Gasteiger partial charge in [0.2, 0.25) is 0 Å². The number of amidine groups is 1. The summed E-state index contributed by atoms with van der Waals surface area (Å²) in [5.41, 5.74) is 0.376. The third-order valence-electron chi connectivity index (χ3n) is 2.95. The highest BCUT2D eigenvalue weighted by Crippen LogP contribution is 2.22. The van der Waals surface area contributed by atoms with E-state index in [4.69, 9.17) is 32.7 Å². The van der Waals surface area contributed by atoms with Crippen LogP contribution in [-0.2, 0) is 9.47 Å². The molecule has 8 heteroatoms. The summed E-state index contributed by atoms with van der Waals surface area (Å²) in [6, 6.07) is 4.82. The van der Waals surface area contributed by atoms with Crippen molar-refractivity contribution in [1.29, 1.82) is 0 Å². The van der Waals surface area contributed by atoms with Gasteiger partial charge in [0.25, 0.3) is 11.9 Å². The molecule has 0 saturated heterocycles. The highest BCUT2D eigenvalue weighted by molar-refractivity contribution is 6.42. The van der Waals surface area contributed by atoms with Gasteiger partial charge in [0, 0.05) is 19.2 Å². The third-order valence-corrected chi connectivity index (χ3v) is 3.69. The van der Waals surface area contributed by atoms with Gasteiger partial charge < -0.3 is 14.4 Å². The minimum Gasteiger partial charge on any atom is -0.463 e. The van der Waals surface area contributed by atoms with E-state index in [1.807, 2.05) is 14.1 Å². The van der Waals surface area contributed by atoms with Crippen molar-refractivity contribution in [2.24, 2.45) is 4.99 Å². The van der Waals surface area contributed by atoms with Crippen LogP contribution in [0.5, 0.6) is 0 Å². The molecule has 1 N–H and O–H groups in total. The zero-order valence-corrected chi connectivity index (χ0v) is 15.7. The number of methoxy groups -OCH3 is 1. The van der Waals surface area contributed by atoms with Crippen LogP contribution in [0.3, 0.4) is 0 Å². The lowest BCUT2D eigenvalue weighted by Gasteiger charge is -2.12. The topological polar surface area (TPSA) is 63.2 Å². The van der Waals surface area contributed by atoms with Crippen molar-refractivity contribution in [3.63, 3.8) is 0 Å². The summed E-state index contributed by atoms with van der Waals surface area (Å²) in [5, 5.41) is 3.35. The molecule has 1 aromatic carbocycles. The number of hydrogen-bond acceptors (Lipinski definition) is 5. The van der Waals surface area contributed by atoms with E-state index in [0.29, 0.717) is 35.4 Å². The van der Waals surface area contributed by atoms with E-state index in [2.05, 4.69) is 15.2 Å². The molecule has 0 atom stereocenters. The SMILES string of the molecule is COCCOC(=NCCCN(C)C)NC(=O)c1ccc(Cl)c(Cl)c1. The largest absolute Gasteiger partial charge is 0.463 e. The Labute approximate surface area is 152 Å².